The standard InChI is InChI=1S/C10H10FN5O2/c11-7-3-9(5-10(4-7)16(17)18)15-6-8(1-2-12)13-14-15/h3-6H,1-2,12H2. The summed E-state index contributed by atoms with van der Waals surface area (Å²) in [7, 11) is 0. The van der Waals surface area contributed by atoms with Gasteiger partial charge in [0.25, 0.3) is 5.69 Å². The minimum absolute atomic E-state index is 0.248. The molecule has 8 heteroatoms. The molecule has 0 unspecified atom stereocenters. The van der Waals surface area contributed by atoms with Crippen LogP contribution in [0.4, 0.5) is 10.1 Å². The molecular weight excluding hydrogens is 241 g/mol. The van der Waals surface area contributed by atoms with Gasteiger partial charge in [0.05, 0.1) is 28.6 Å². The van der Waals surface area contributed by atoms with Gasteiger partial charge in [-0.15, -0.1) is 5.10 Å². The predicted octanol–water partition coefficient (Wildman–Crippen LogP) is 0.816. The van der Waals surface area contributed by atoms with E-state index in [0.29, 0.717) is 18.7 Å². The average molecular weight is 251 g/mol. The first kappa shape index (κ1) is 12.1. The van der Waals surface area contributed by atoms with E-state index in [0.717, 1.165) is 12.1 Å². The summed E-state index contributed by atoms with van der Waals surface area (Å²) in [6.45, 7) is 0.419. The normalized spacial score (nSPS) is 10.6. The van der Waals surface area contributed by atoms with Crippen LogP contribution in [0.15, 0.2) is 24.4 Å². The predicted molar refractivity (Wildman–Crippen MR) is 60.7 cm³/mol. The first-order valence-corrected chi connectivity index (χ1v) is 5.17. The molecule has 18 heavy (non-hydrogen) atoms. The zero-order chi connectivity index (χ0) is 13.1. The maximum absolute atomic E-state index is 13.2. The van der Waals surface area contributed by atoms with Gasteiger partial charge in [-0.05, 0) is 6.54 Å². The largest absolute Gasteiger partial charge is 0.330 e. The highest BCUT2D eigenvalue weighted by Crippen LogP contribution is 2.18. The second-order valence-electron chi connectivity index (χ2n) is 3.62. The van der Waals surface area contributed by atoms with E-state index in [9.17, 15) is 14.5 Å². The lowest BCUT2D eigenvalue weighted by molar-refractivity contribution is -0.385. The Morgan fingerprint density at radius 3 is 2.89 bits per heavy atom. The Bertz CT molecular complexity index is 583. The summed E-state index contributed by atoms with van der Waals surface area (Å²) in [4.78, 5) is 9.96. The fourth-order valence-electron chi connectivity index (χ4n) is 1.48. The maximum atomic E-state index is 13.2. The molecule has 0 aliphatic rings. The molecule has 0 fully saturated rings. The Hall–Kier alpha value is -2.35. The third kappa shape index (κ3) is 2.48. The Morgan fingerprint density at radius 1 is 1.44 bits per heavy atom. The molecule has 1 aromatic carbocycles. The molecule has 1 heterocycles. The molecule has 0 amide bonds. The van der Waals surface area contributed by atoms with E-state index in [4.69, 9.17) is 5.73 Å². The lowest BCUT2D eigenvalue weighted by atomic mass is 10.2. The molecule has 0 radical (unpaired) electrons. The highest BCUT2D eigenvalue weighted by atomic mass is 19.1. The number of nitro benzene ring substituents is 1. The molecule has 94 valence electrons. The molecular formula is C10H10FN5O2. The second-order valence-corrected chi connectivity index (χ2v) is 3.62. The molecule has 0 saturated heterocycles. The molecule has 0 bridgehead atoms. The zero-order valence-corrected chi connectivity index (χ0v) is 9.28. The first-order chi connectivity index (χ1) is 8.60. The molecule has 2 rings (SSSR count). The molecule has 7 nitrogen and oxygen atoms in total. The van der Waals surface area contributed by atoms with E-state index >= 15 is 0 Å². The number of hydrogen-bond donors (Lipinski definition) is 1. The number of halogens is 1. The van der Waals surface area contributed by atoms with Gasteiger partial charge in [0.15, 0.2) is 0 Å². The third-order valence-electron chi connectivity index (χ3n) is 2.28. The minimum atomic E-state index is -0.699. The zero-order valence-electron chi connectivity index (χ0n) is 9.28. The summed E-state index contributed by atoms with van der Waals surface area (Å²) in [5.41, 5.74) is 5.93. The number of benzene rings is 1. The Morgan fingerprint density at radius 2 is 2.22 bits per heavy atom. The lowest BCUT2D eigenvalue weighted by Gasteiger charge is -2.00. The summed E-state index contributed by atoms with van der Waals surface area (Å²) in [5, 5.41) is 18.2. The van der Waals surface area contributed by atoms with Gasteiger partial charge in [-0.25, -0.2) is 9.07 Å². The molecule has 2 N–H and O–H groups in total. The smallest absolute Gasteiger partial charge is 0.274 e. The van der Waals surface area contributed by atoms with Crippen LogP contribution in [0.1, 0.15) is 5.69 Å². The van der Waals surface area contributed by atoms with Crippen LogP contribution in [0.5, 0.6) is 0 Å². The van der Waals surface area contributed by atoms with Crippen LogP contribution in [-0.4, -0.2) is 26.5 Å². The van der Waals surface area contributed by atoms with Crippen molar-refractivity contribution in [1.82, 2.24) is 15.0 Å². The third-order valence-corrected chi connectivity index (χ3v) is 2.28. The van der Waals surface area contributed by atoms with Crippen molar-refractivity contribution in [2.45, 2.75) is 6.42 Å². The van der Waals surface area contributed by atoms with Gasteiger partial charge >= 0.3 is 0 Å². The Balaban J connectivity index is 2.39. The monoisotopic (exact) mass is 251 g/mol. The number of nitro groups is 1. The van der Waals surface area contributed by atoms with E-state index in [2.05, 4.69) is 10.3 Å². The number of aromatic nitrogens is 3. The summed E-state index contributed by atoms with van der Waals surface area (Å²) in [5.74, 6) is -0.699. The highest BCUT2D eigenvalue weighted by Gasteiger charge is 2.12. The number of hydrogen-bond acceptors (Lipinski definition) is 5. The SMILES string of the molecule is NCCc1cn(-c2cc(F)cc([N+](=O)[O-])c2)nn1. The summed E-state index contributed by atoms with van der Waals surface area (Å²) in [6, 6.07) is 3.22. The van der Waals surface area contributed by atoms with Gasteiger partial charge in [0.2, 0.25) is 0 Å². The van der Waals surface area contributed by atoms with Crippen molar-refractivity contribution in [2.24, 2.45) is 5.73 Å². The average Bonchev–Trinajstić information content (AvgIpc) is 2.77. The summed E-state index contributed by atoms with van der Waals surface area (Å²) < 4.78 is 14.5. The van der Waals surface area contributed by atoms with Crippen molar-refractivity contribution >= 4 is 5.69 Å². The Labute approximate surface area is 101 Å². The highest BCUT2D eigenvalue weighted by molar-refractivity contribution is 5.43. The van der Waals surface area contributed by atoms with Gasteiger partial charge in [-0.3, -0.25) is 10.1 Å². The van der Waals surface area contributed by atoms with E-state index in [1.165, 1.54) is 10.7 Å². The van der Waals surface area contributed by atoms with Crippen LogP contribution in [0, 0.1) is 15.9 Å². The van der Waals surface area contributed by atoms with Crippen molar-refractivity contribution < 1.29 is 9.31 Å². The van der Waals surface area contributed by atoms with Crippen LogP contribution in [0.3, 0.4) is 0 Å². The van der Waals surface area contributed by atoms with E-state index in [-0.39, 0.29) is 11.4 Å². The molecule has 0 spiro atoms. The van der Waals surface area contributed by atoms with Gasteiger partial charge < -0.3 is 5.73 Å². The van der Waals surface area contributed by atoms with Crippen molar-refractivity contribution in [3.8, 4) is 5.69 Å². The summed E-state index contributed by atoms with van der Waals surface area (Å²) in [6.07, 6.45) is 2.10. The Kier molecular flexibility index (Phi) is 3.28. The van der Waals surface area contributed by atoms with Crippen LogP contribution in [0.25, 0.3) is 5.69 Å². The summed E-state index contributed by atoms with van der Waals surface area (Å²) >= 11 is 0. The van der Waals surface area contributed by atoms with Gasteiger partial charge in [0.1, 0.15) is 5.82 Å². The molecule has 0 atom stereocenters. The van der Waals surface area contributed by atoms with Crippen LogP contribution < -0.4 is 5.73 Å². The number of nitrogens with two attached hydrogens (primary N) is 1. The topological polar surface area (TPSA) is 99.9 Å². The molecule has 2 aromatic rings. The fraction of sp³-hybridized carbons (Fsp3) is 0.200. The van der Waals surface area contributed by atoms with Crippen molar-refractivity contribution in [2.75, 3.05) is 6.54 Å². The van der Waals surface area contributed by atoms with E-state index in [1.54, 1.807) is 6.20 Å². The van der Waals surface area contributed by atoms with Crippen LogP contribution >= 0.6 is 0 Å². The molecule has 0 saturated carbocycles. The second kappa shape index (κ2) is 4.88. The van der Waals surface area contributed by atoms with Gasteiger partial charge in [0, 0.05) is 18.6 Å². The van der Waals surface area contributed by atoms with Crippen LogP contribution in [-0.2, 0) is 6.42 Å². The molecule has 0 aliphatic heterocycles. The lowest BCUT2D eigenvalue weighted by Crippen LogP contribution is -2.02. The first-order valence-electron chi connectivity index (χ1n) is 5.17. The van der Waals surface area contributed by atoms with E-state index < -0.39 is 10.7 Å². The minimum Gasteiger partial charge on any atom is -0.330 e. The number of non-ortho nitro benzene ring substituents is 1. The van der Waals surface area contributed by atoms with E-state index in [1.807, 2.05) is 0 Å². The molecule has 1 aromatic heterocycles. The van der Waals surface area contributed by atoms with Crippen molar-refractivity contribution in [1.29, 1.82) is 0 Å². The van der Waals surface area contributed by atoms with Gasteiger partial charge in [-0.1, -0.05) is 5.21 Å². The molecule has 0 aliphatic carbocycles. The van der Waals surface area contributed by atoms with Crippen LogP contribution in [0.2, 0.25) is 0 Å². The number of nitrogens with zero attached hydrogens (tertiary/aromatic N) is 4. The van der Waals surface area contributed by atoms with Gasteiger partial charge in [-0.2, -0.15) is 0 Å². The van der Waals surface area contributed by atoms with Crippen molar-refractivity contribution in [3.63, 3.8) is 0 Å². The fourth-order valence-corrected chi connectivity index (χ4v) is 1.48. The number of rotatable bonds is 4. The van der Waals surface area contributed by atoms with Crippen molar-refractivity contribution in [3.05, 3.63) is 46.0 Å². The quantitative estimate of drug-likeness (QED) is 0.640. The maximum Gasteiger partial charge on any atom is 0.274 e.